The molecule has 1 amide bonds. The van der Waals surface area contributed by atoms with Crippen molar-refractivity contribution in [2.45, 2.75) is 26.4 Å². The first-order valence-corrected chi connectivity index (χ1v) is 9.05. The average Bonchev–Trinajstić information content (AvgIpc) is 2.94. The van der Waals surface area contributed by atoms with Gasteiger partial charge in [-0.1, -0.05) is 23.2 Å². The summed E-state index contributed by atoms with van der Waals surface area (Å²) < 4.78 is 1.76. The van der Waals surface area contributed by atoms with Crippen LogP contribution in [0.4, 0.5) is 0 Å². The SMILES string of the molecule is CC1=C(n2cc(Cl)cn2)C1C(C=N)C(C)N1Cc2c(ccnc2Cl)C1=O. The predicted molar refractivity (Wildman–Crippen MR) is 100 cm³/mol. The lowest BCUT2D eigenvalue weighted by Crippen LogP contribution is -2.40. The van der Waals surface area contributed by atoms with Gasteiger partial charge >= 0.3 is 0 Å². The number of nitrogens with one attached hydrogen (secondary N) is 1. The Balaban J connectivity index is 1.57. The number of nitrogens with zero attached hydrogens (tertiary/aromatic N) is 4. The zero-order chi connectivity index (χ0) is 18.6. The zero-order valence-electron chi connectivity index (χ0n) is 14.3. The van der Waals surface area contributed by atoms with Crippen molar-refractivity contribution in [3.8, 4) is 0 Å². The molecular formula is C18H17Cl2N5O. The molecule has 1 aliphatic carbocycles. The summed E-state index contributed by atoms with van der Waals surface area (Å²) in [5.41, 5.74) is 3.56. The first kappa shape index (κ1) is 17.2. The highest BCUT2D eigenvalue weighted by Gasteiger charge is 2.46. The molecule has 2 aromatic heterocycles. The fourth-order valence-electron chi connectivity index (χ4n) is 3.83. The molecule has 0 spiro atoms. The Bertz CT molecular complexity index is 951. The third-order valence-electron chi connectivity index (χ3n) is 5.33. The van der Waals surface area contributed by atoms with Crippen LogP contribution in [0, 0.1) is 17.2 Å². The minimum Gasteiger partial charge on any atom is -0.331 e. The quantitative estimate of drug-likeness (QED) is 0.624. The smallest absolute Gasteiger partial charge is 0.254 e. The molecule has 8 heteroatoms. The van der Waals surface area contributed by atoms with Crippen LogP contribution in [0.25, 0.3) is 5.70 Å². The Morgan fingerprint density at radius 1 is 1.42 bits per heavy atom. The van der Waals surface area contributed by atoms with Crippen molar-refractivity contribution in [1.82, 2.24) is 19.7 Å². The maximum Gasteiger partial charge on any atom is 0.254 e. The molecule has 0 radical (unpaired) electrons. The molecule has 6 nitrogen and oxygen atoms in total. The first-order chi connectivity index (χ1) is 12.4. The van der Waals surface area contributed by atoms with Crippen molar-refractivity contribution >= 4 is 41.0 Å². The largest absolute Gasteiger partial charge is 0.331 e. The van der Waals surface area contributed by atoms with Crippen molar-refractivity contribution in [2.24, 2.45) is 11.8 Å². The van der Waals surface area contributed by atoms with Crippen molar-refractivity contribution in [1.29, 1.82) is 5.41 Å². The normalized spacial score (nSPS) is 21.0. The van der Waals surface area contributed by atoms with Crippen LogP contribution in [0.15, 0.2) is 30.2 Å². The molecule has 2 aromatic rings. The maximum atomic E-state index is 12.8. The van der Waals surface area contributed by atoms with Gasteiger partial charge in [0.1, 0.15) is 5.15 Å². The van der Waals surface area contributed by atoms with Crippen LogP contribution >= 0.6 is 23.2 Å². The van der Waals surface area contributed by atoms with E-state index in [1.807, 2.05) is 13.8 Å². The number of pyridine rings is 1. The number of carbonyl (C=O) groups excluding carboxylic acids is 1. The van der Waals surface area contributed by atoms with Gasteiger partial charge in [0.15, 0.2) is 0 Å². The molecule has 2 aliphatic rings. The second-order valence-corrected chi connectivity index (χ2v) is 7.49. The van der Waals surface area contributed by atoms with E-state index in [2.05, 4.69) is 10.1 Å². The van der Waals surface area contributed by atoms with E-state index in [-0.39, 0.29) is 23.8 Å². The Labute approximate surface area is 160 Å². The van der Waals surface area contributed by atoms with Gasteiger partial charge in [0.25, 0.3) is 5.91 Å². The van der Waals surface area contributed by atoms with Crippen LogP contribution < -0.4 is 0 Å². The number of amides is 1. The second kappa shape index (κ2) is 6.21. The molecule has 3 unspecified atom stereocenters. The molecule has 134 valence electrons. The van der Waals surface area contributed by atoms with Gasteiger partial charge in [0, 0.05) is 53.3 Å². The molecule has 4 rings (SSSR count). The molecule has 0 aromatic carbocycles. The number of fused-ring (bicyclic) bond motifs is 1. The molecule has 26 heavy (non-hydrogen) atoms. The van der Waals surface area contributed by atoms with Gasteiger partial charge in [-0.3, -0.25) is 4.79 Å². The molecule has 0 saturated carbocycles. The minimum absolute atomic E-state index is 0.0642. The van der Waals surface area contributed by atoms with Crippen LogP contribution in [-0.4, -0.2) is 37.8 Å². The van der Waals surface area contributed by atoms with Crippen molar-refractivity contribution in [3.63, 3.8) is 0 Å². The lowest BCUT2D eigenvalue weighted by atomic mass is 9.92. The van der Waals surface area contributed by atoms with E-state index in [0.29, 0.717) is 22.3 Å². The van der Waals surface area contributed by atoms with E-state index >= 15 is 0 Å². The molecule has 3 heterocycles. The summed E-state index contributed by atoms with van der Waals surface area (Å²) in [5, 5.41) is 13.2. The third kappa shape index (κ3) is 2.56. The van der Waals surface area contributed by atoms with Gasteiger partial charge < -0.3 is 10.3 Å². The van der Waals surface area contributed by atoms with E-state index in [0.717, 1.165) is 16.8 Å². The Morgan fingerprint density at radius 3 is 2.81 bits per heavy atom. The van der Waals surface area contributed by atoms with E-state index in [4.69, 9.17) is 28.6 Å². The number of hydrogen-bond acceptors (Lipinski definition) is 4. The summed E-state index contributed by atoms with van der Waals surface area (Å²) in [6.07, 6.45) is 6.32. The highest BCUT2D eigenvalue weighted by molar-refractivity contribution is 6.31. The van der Waals surface area contributed by atoms with E-state index in [9.17, 15) is 4.79 Å². The van der Waals surface area contributed by atoms with E-state index in [1.165, 1.54) is 6.21 Å². The highest BCUT2D eigenvalue weighted by atomic mass is 35.5. The highest BCUT2D eigenvalue weighted by Crippen LogP contribution is 2.49. The predicted octanol–water partition coefficient (Wildman–Crippen LogP) is 3.76. The Hall–Kier alpha value is -2.18. The summed E-state index contributed by atoms with van der Waals surface area (Å²) in [6.45, 7) is 4.42. The van der Waals surface area contributed by atoms with Gasteiger partial charge in [-0.2, -0.15) is 5.10 Å². The average molecular weight is 390 g/mol. The van der Waals surface area contributed by atoms with Gasteiger partial charge in [0.2, 0.25) is 0 Å². The van der Waals surface area contributed by atoms with Gasteiger partial charge in [-0.25, -0.2) is 9.67 Å². The van der Waals surface area contributed by atoms with Crippen molar-refractivity contribution in [3.05, 3.63) is 51.5 Å². The van der Waals surface area contributed by atoms with Gasteiger partial charge in [-0.05, 0) is 25.5 Å². The van der Waals surface area contributed by atoms with E-state index in [1.54, 1.807) is 34.2 Å². The third-order valence-corrected chi connectivity index (χ3v) is 5.85. The van der Waals surface area contributed by atoms with Crippen LogP contribution in [0.2, 0.25) is 10.2 Å². The monoisotopic (exact) mass is 389 g/mol. The molecule has 0 fully saturated rings. The summed E-state index contributed by atoms with van der Waals surface area (Å²) in [6, 6.07) is 1.54. The van der Waals surface area contributed by atoms with Gasteiger partial charge in [0.05, 0.1) is 17.8 Å². The Kier molecular flexibility index (Phi) is 4.12. The summed E-state index contributed by atoms with van der Waals surface area (Å²) >= 11 is 12.1. The summed E-state index contributed by atoms with van der Waals surface area (Å²) in [7, 11) is 0. The van der Waals surface area contributed by atoms with Crippen molar-refractivity contribution in [2.75, 3.05) is 0 Å². The maximum absolute atomic E-state index is 12.8. The van der Waals surface area contributed by atoms with Crippen LogP contribution in [0.5, 0.6) is 0 Å². The summed E-state index contributed by atoms with van der Waals surface area (Å²) in [4.78, 5) is 18.6. The number of aromatic nitrogens is 3. The molecule has 3 atom stereocenters. The number of rotatable bonds is 5. The number of allylic oxidation sites excluding steroid dienone is 2. The topological polar surface area (TPSA) is 74.9 Å². The molecule has 1 aliphatic heterocycles. The van der Waals surface area contributed by atoms with Gasteiger partial charge in [-0.15, -0.1) is 0 Å². The number of carbonyl (C=O) groups is 1. The Morgan fingerprint density at radius 2 is 2.19 bits per heavy atom. The molecule has 0 saturated heterocycles. The molecular weight excluding hydrogens is 373 g/mol. The van der Waals surface area contributed by atoms with Crippen LogP contribution in [0.1, 0.15) is 29.8 Å². The molecule has 0 bridgehead atoms. The zero-order valence-corrected chi connectivity index (χ0v) is 15.8. The standard InChI is InChI=1S/C18H17Cl2N5O/c1-9-15(16(9)25-7-11(19)6-23-25)13(5-21)10(2)24-8-14-12(18(24)26)3-4-22-17(14)20/h3-7,10,13,15,21H,8H2,1-2H3. The van der Waals surface area contributed by atoms with E-state index < -0.39 is 0 Å². The first-order valence-electron chi connectivity index (χ1n) is 8.30. The lowest BCUT2D eigenvalue weighted by Gasteiger charge is -2.30. The van der Waals surface area contributed by atoms with Crippen LogP contribution in [0.3, 0.4) is 0 Å². The summed E-state index contributed by atoms with van der Waals surface area (Å²) in [5.74, 6) is -0.132. The second-order valence-electron chi connectivity index (χ2n) is 6.69. The fourth-order valence-corrected chi connectivity index (χ4v) is 4.18. The minimum atomic E-state index is -0.160. The number of halogens is 2. The number of hydrogen-bond donors (Lipinski definition) is 1. The van der Waals surface area contributed by atoms with Crippen LogP contribution in [-0.2, 0) is 6.54 Å². The van der Waals surface area contributed by atoms with Crippen molar-refractivity contribution < 1.29 is 4.79 Å². The lowest BCUT2D eigenvalue weighted by molar-refractivity contribution is 0.0682. The fraction of sp³-hybridized carbons (Fsp3) is 0.333. The molecule has 1 N–H and O–H groups in total.